The Bertz CT molecular complexity index is 1390. The van der Waals surface area contributed by atoms with E-state index in [0.29, 0.717) is 25.2 Å². The number of phenolic OH excluding ortho intramolecular Hbond substituents is 2. The number of rotatable bonds is 12. The van der Waals surface area contributed by atoms with Crippen LogP contribution >= 0.6 is 0 Å². The number of carbonyl (C=O) groups excluding carboxylic acids is 1. The quantitative estimate of drug-likeness (QED) is 0.161. The minimum Gasteiger partial charge on any atom is -0.504 e. The van der Waals surface area contributed by atoms with Crippen molar-refractivity contribution in [2.24, 2.45) is 0 Å². The molecule has 11 nitrogen and oxygen atoms in total. The lowest BCUT2D eigenvalue weighted by Crippen LogP contribution is -2.39. The normalized spacial score (nSPS) is 16.7. The van der Waals surface area contributed by atoms with Gasteiger partial charge in [-0.1, -0.05) is 51.2 Å². The second kappa shape index (κ2) is 15.3. The number of nitrogens with one attached hydrogen (secondary N) is 2. The average Bonchev–Trinajstić information content (AvgIpc) is 3.33. The Hall–Kier alpha value is -3.72. The van der Waals surface area contributed by atoms with Gasteiger partial charge in [-0.25, -0.2) is 13.9 Å². The molecule has 44 heavy (non-hydrogen) atoms. The summed E-state index contributed by atoms with van der Waals surface area (Å²) in [4.78, 5) is 23.2. The van der Waals surface area contributed by atoms with E-state index in [1.54, 1.807) is 29.2 Å². The van der Waals surface area contributed by atoms with E-state index in [-0.39, 0.29) is 24.1 Å². The number of carboxylic acids is 1. The zero-order valence-corrected chi connectivity index (χ0v) is 25.3. The van der Waals surface area contributed by atoms with E-state index in [2.05, 4.69) is 17.0 Å². The number of halogens is 3. The highest BCUT2D eigenvalue weighted by Gasteiger charge is 2.38. The van der Waals surface area contributed by atoms with E-state index in [1.165, 1.54) is 19.3 Å². The minimum absolute atomic E-state index is 0.0300. The largest absolute Gasteiger partial charge is 0.504 e. The predicted octanol–water partition coefficient (Wildman–Crippen LogP) is 4.92. The third-order valence-electron chi connectivity index (χ3n) is 7.41. The van der Waals surface area contributed by atoms with Crippen molar-refractivity contribution >= 4 is 27.9 Å². The number of benzene rings is 2. The summed E-state index contributed by atoms with van der Waals surface area (Å²) in [5.74, 6) is -3.01. The van der Waals surface area contributed by atoms with Crippen LogP contribution in [0.5, 0.6) is 11.5 Å². The first-order valence-electron chi connectivity index (χ1n) is 14.5. The fourth-order valence-electron chi connectivity index (χ4n) is 5.07. The number of anilines is 1. The van der Waals surface area contributed by atoms with Crippen LogP contribution in [-0.2, 0) is 27.8 Å². The summed E-state index contributed by atoms with van der Waals surface area (Å²) in [6, 6.07) is 9.82. The number of carbonyl (C=O) groups is 2. The highest BCUT2D eigenvalue weighted by Crippen LogP contribution is 2.35. The fourth-order valence-corrected chi connectivity index (χ4v) is 6.26. The van der Waals surface area contributed by atoms with Gasteiger partial charge in [0.15, 0.2) is 11.5 Å². The lowest BCUT2D eigenvalue weighted by molar-refractivity contribution is -0.192. The summed E-state index contributed by atoms with van der Waals surface area (Å²) >= 11 is 0. The second-order valence-electron chi connectivity index (χ2n) is 10.7. The molecule has 0 saturated carbocycles. The molecule has 2 aromatic carbocycles. The summed E-state index contributed by atoms with van der Waals surface area (Å²) in [6.07, 6.45) is 3.02. The molecule has 1 fully saturated rings. The zero-order valence-electron chi connectivity index (χ0n) is 24.4. The van der Waals surface area contributed by atoms with Crippen molar-refractivity contribution in [2.75, 3.05) is 30.9 Å². The Balaban J connectivity index is 0.000000676. The number of alkyl halides is 3. The number of aromatic hydroxyl groups is 2. The molecule has 2 aliphatic heterocycles. The Morgan fingerprint density at radius 1 is 1.02 bits per heavy atom. The number of fused-ring (bicyclic) bond motifs is 1. The van der Waals surface area contributed by atoms with E-state index in [9.17, 15) is 36.6 Å². The van der Waals surface area contributed by atoms with Gasteiger partial charge in [0, 0.05) is 19.1 Å². The van der Waals surface area contributed by atoms with Crippen LogP contribution in [0.25, 0.3) is 0 Å². The number of hydrogen-bond acceptors (Lipinski definition) is 7. The summed E-state index contributed by atoms with van der Waals surface area (Å²) in [5.41, 5.74) is 3.34. The van der Waals surface area contributed by atoms with Gasteiger partial charge in [-0.05, 0) is 66.8 Å². The SMILES string of the molecule is CCCCCCCCN1CCN(S(=O)(=O)Nc2ccc(CC3NCCc4cc(O)c(O)cc43)cc2)C1=O.O=C(O)C(F)(F)F. The monoisotopic (exact) mass is 644 g/mol. The molecule has 244 valence electrons. The molecule has 2 amide bonds. The molecule has 1 atom stereocenters. The third-order valence-corrected chi connectivity index (χ3v) is 8.82. The number of nitrogens with zero attached hydrogens (tertiary/aromatic N) is 2. The lowest BCUT2D eigenvalue weighted by atomic mass is 9.90. The van der Waals surface area contributed by atoms with E-state index >= 15 is 0 Å². The zero-order chi connectivity index (χ0) is 32.5. The van der Waals surface area contributed by atoms with E-state index in [4.69, 9.17) is 9.90 Å². The maximum absolute atomic E-state index is 12.9. The molecule has 15 heteroatoms. The molecule has 0 aromatic heterocycles. The van der Waals surface area contributed by atoms with Crippen LogP contribution < -0.4 is 10.0 Å². The van der Waals surface area contributed by atoms with Crippen molar-refractivity contribution in [3.8, 4) is 11.5 Å². The average molecular weight is 645 g/mol. The van der Waals surface area contributed by atoms with Gasteiger partial charge in [-0.3, -0.25) is 4.72 Å². The molecule has 0 spiro atoms. The minimum atomic E-state index is -5.08. The van der Waals surface area contributed by atoms with Crippen molar-refractivity contribution in [2.45, 2.75) is 70.5 Å². The van der Waals surface area contributed by atoms with Gasteiger partial charge in [-0.2, -0.15) is 21.6 Å². The Labute approximate surface area is 254 Å². The molecule has 2 aromatic rings. The Morgan fingerprint density at radius 3 is 2.27 bits per heavy atom. The summed E-state index contributed by atoms with van der Waals surface area (Å²) in [7, 11) is -4.00. The van der Waals surface area contributed by atoms with Crippen LogP contribution in [0.2, 0.25) is 0 Å². The fraction of sp³-hybridized carbons (Fsp3) is 0.517. The van der Waals surface area contributed by atoms with E-state index < -0.39 is 28.4 Å². The van der Waals surface area contributed by atoms with Crippen molar-refractivity contribution in [1.82, 2.24) is 14.5 Å². The first kappa shape index (κ1) is 34.8. The van der Waals surface area contributed by atoms with E-state index in [1.807, 2.05) is 12.1 Å². The van der Waals surface area contributed by atoms with Crippen LogP contribution in [0.4, 0.5) is 23.7 Å². The summed E-state index contributed by atoms with van der Waals surface area (Å²) in [5, 5.41) is 30.3. The molecule has 0 aliphatic carbocycles. The molecule has 0 bridgehead atoms. The summed E-state index contributed by atoms with van der Waals surface area (Å²) < 4.78 is 61.0. The molecule has 2 heterocycles. The van der Waals surface area contributed by atoms with Gasteiger partial charge in [0.1, 0.15) is 0 Å². The molecular formula is C29H39F3N4O7S. The van der Waals surface area contributed by atoms with Gasteiger partial charge >= 0.3 is 28.4 Å². The molecule has 4 rings (SSSR count). The lowest BCUT2D eigenvalue weighted by Gasteiger charge is -2.27. The molecular weight excluding hydrogens is 605 g/mol. The molecule has 1 saturated heterocycles. The van der Waals surface area contributed by atoms with Crippen LogP contribution in [0.3, 0.4) is 0 Å². The Kier molecular flexibility index (Phi) is 12.1. The van der Waals surface area contributed by atoms with Crippen molar-refractivity contribution in [3.05, 3.63) is 53.1 Å². The maximum Gasteiger partial charge on any atom is 0.490 e. The third kappa shape index (κ3) is 9.64. The van der Waals surface area contributed by atoms with Crippen LogP contribution in [0.1, 0.15) is 68.2 Å². The van der Waals surface area contributed by atoms with Gasteiger partial charge in [0.05, 0.1) is 12.2 Å². The van der Waals surface area contributed by atoms with Gasteiger partial charge < -0.3 is 25.5 Å². The van der Waals surface area contributed by atoms with Crippen molar-refractivity contribution < 1.29 is 46.5 Å². The van der Waals surface area contributed by atoms with Crippen molar-refractivity contribution in [3.63, 3.8) is 0 Å². The highest BCUT2D eigenvalue weighted by atomic mass is 32.2. The van der Waals surface area contributed by atoms with Crippen LogP contribution in [0.15, 0.2) is 36.4 Å². The maximum atomic E-state index is 12.9. The highest BCUT2D eigenvalue weighted by molar-refractivity contribution is 7.91. The molecule has 2 aliphatic rings. The second-order valence-corrected chi connectivity index (χ2v) is 12.3. The van der Waals surface area contributed by atoms with Gasteiger partial charge in [0.2, 0.25) is 0 Å². The Morgan fingerprint density at radius 2 is 1.64 bits per heavy atom. The summed E-state index contributed by atoms with van der Waals surface area (Å²) in [6.45, 7) is 4.09. The standard InChI is InChI=1S/C27H38N4O5S.C2HF3O2/c1-2-3-4-5-6-7-14-30-15-16-31(27(30)34)37(35,36)29-22-10-8-20(9-11-22)17-24-23-19-26(33)25(32)18-21(23)12-13-28-24;3-2(4,5)1(6)7/h8-11,18-19,24,28-29,32-33H,2-7,12-17H2,1H3;(H,6,7). The first-order chi connectivity index (χ1) is 20.7. The number of urea groups is 1. The number of phenols is 2. The van der Waals surface area contributed by atoms with Crippen LogP contribution in [0, 0.1) is 0 Å². The van der Waals surface area contributed by atoms with Gasteiger partial charge in [0.25, 0.3) is 0 Å². The van der Waals surface area contributed by atoms with Gasteiger partial charge in [-0.15, -0.1) is 0 Å². The number of unbranched alkanes of at least 4 members (excludes halogenated alkanes) is 5. The molecule has 1 unspecified atom stereocenters. The predicted molar refractivity (Wildman–Crippen MR) is 158 cm³/mol. The molecule has 0 radical (unpaired) electrons. The van der Waals surface area contributed by atoms with E-state index in [0.717, 1.165) is 53.2 Å². The smallest absolute Gasteiger partial charge is 0.490 e. The number of aliphatic carboxylic acids is 1. The topological polar surface area (TPSA) is 160 Å². The number of amides is 2. The molecule has 5 N–H and O–H groups in total. The number of carboxylic acid groups (broad SMARTS) is 1. The van der Waals surface area contributed by atoms with Crippen LogP contribution in [-0.4, -0.2) is 77.3 Å². The first-order valence-corrected chi connectivity index (χ1v) is 15.9. The van der Waals surface area contributed by atoms with Crippen molar-refractivity contribution in [1.29, 1.82) is 0 Å². The number of hydrogen-bond donors (Lipinski definition) is 5.